The quantitative estimate of drug-likeness (QED) is 0.862. The van der Waals surface area contributed by atoms with Crippen LogP contribution in [0.2, 0.25) is 0 Å². The molecular weight excluding hydrogens is 274 g/mol. The van der Waals surface area contributed by atoms with Crippen molar-refractivity contribution in [2.24, 2.45) is 5.92 Å². The van der Waals surface area contributed by atoms with Crippen LogP contribution in [0, 0.1) is 5.92 Å². The van der Waals surface area contributed by atoms with E-state index in [9.17, 15) is 0 Å². The van der Waals surface area contributed by atoms with E-state index in [0.29, 0.717) is 6.04 Å². The van der Waals surface area contributed by atoms with Crippen molar-refractivity contribution < 1.29 is 0 Å². The zero-order chi connectivity index (χ0) is 12.1. The Hall–Kier alpha value is -0.340. The van der Waals surface area contributed by atoms with Gasteiger partial charge >= 0.3 is 0 Å². The molecule has 1 nitrogen and oxygen atoms in total. The average Bonchev–Trinajstić information content (AvgIpc) is 2.38. The molecule has 17 heavy (non-hydrogen) atoms. The van der Waals surface area contributed by atoms with Crippen molar-refractivity contribution in [2.75, 3.05) is 0 Å². The van der Waals surface area contributed by atoms with Gasteiger partial charge in [-0.2, -0.15) is 0 Å². The van der Waals surface area contributed by atoms with E-state index in [1.807, 2.05) is 0 Å². The normalized spacial score (nSPS) is 19.2. The van der Waals surface area contributed by atoms with Gasteiger partial charge in [-0.1, -0.05) is 53.4 Å². The lowest BCUT2D eigenvalue weighted by Gasteiger charge is -2.28. The van der Waals surface area contributed by atoms with E-state index in [-0.39, 0.29) is 0 Å². The number of benzene rings is 1. The maximum absolute atomic E-state index is 3.68. The molecule has 2 heteroatoms. The number of halogens is 1. The van der Waals surface area contributed by atoms with Gasteiger partial charge in [0.15, 0.2) is 0 Å². The Bertz CT molecular complexity index is 345. The Labute approximate surface area is 113 Å². The van der Waals surface area contributed by atoms with Gasteiger partial charge in [0.25, 0.3) is 0 Å². The third-order valence-corrected chi connectivity index (χ3v) is 4.70. The maximum Gasteiger partial charge on any atom is 0.0220 e. The summed E-state index contributed by atoms with van der Waals surface area (Å²) in [6.45, 7) is 3.31. The average molecular weight is 296 g/mol. The highest BCUT2D eigenvalue weighted by atomic mass is 79.9. The molecule has 0 unspecified atom stereocenters. The molecule has 1 aliphatic rings. The van der Waals surface area contributed by atoms with Crippen LogP contribution in [0.15, 0.2) is 28.7 Å². The van der Waals surface area contributed by atoms with Crippen LogP contribution in [0.5, 0.6) is 0 Å². The van der Waals surface area contributed by atoms with Crippen molar-refractivity contribution in [1.29, 1.82) is 0 Å². The monoisotopic (exact) mass is 295 g/mol. The molecule has 0 aromatic heterocycles. The van der Waals surface area contributed by atoms with Crippen LogP contribution in [0.1, 0.15) is 44.6 Å². The molecular formula is C15H22BrN. The zero-order valence-corrected chi connectivity index (χ0v) is 12.2. The lowest BCUT2D eigenvalue weighted by Crippen LogP contribution is -2.34. The van der Waals surface area contributed by atoms with E-state index in [4.69, 9.17) is 0 Å². The standard InChI is InChI=1S/C15H22BrN/c1-12(13-7-3-2-4-8-13)17-11-14-9-5-6-10-15(14)16/h5-6,9-10,12-13,17H,2-4,7-8,11H2,1H3/t12-/m1/s1. The molecule has 1 N–H and O–H groups in total. The molecule has 0 saturated heterocycles. The van der Waals surface area contributed by atoms with E-state index in [1.54, 1.807) is 0 Å². The Morgan fingerprint density at radius 1 is 1.24 bits per heavy atom. The fourth-order valence-corrected chi connectivity index (χ4v) is 3.14. The van der Waals surface area contributed by atoms with Gasteiger partial charge in [-0.25, -0.2) is 0 Å². The predicted molar refractivity (Wildman–Crippen MR) is 77.0 cm³/mol. The molecule has 1 aromatic carbocycles. The van der Waals surface area contributed by atoms with Crippen LogP contribution in [0.4, 0.5) is 0 Å². The Morgan fingerprint density at radius 2 is 1.94 bits per heavy atom. The highest BCUT2D eigenvalue weighted by Crippen LogP contribution is 2.26. The van der Waals surface area contributed by atoms with Gasteiger partial charge in [-0.05, 0) is 37.3 Å². The van der Waals surface area contributed by atoms with Gasteiger partial charge in [-0.15, -0.1) is 0 Å². The van der Waals surface area contributed by atoms with Crippen LogP contribution in [-0.4, -0.2) is 6.04 Å². The van der Waals surface area contributed by atoms with Crippen LogP contribution in [0.3, 0.4) is 0 Å². The Morgan fingerprint density at radius 3 is 2.65 bits per heavy atom. The van der Waals surface area contributed by atoms with Crippen LogP contribution >= 0.6 is 15.9 Å². The first-order chi connectivity index (χ1) is 8.27. The summed E-state index contributed by atoms with van der Waals surface area (Å²) in [6.07, 6.45) is 7.10. The number of nitrogens with one attached hydrogen (secondary N) is 1. The minimum absolute atomic E-state index is 0.641. The molecule has 2 rings (SSSR count). The SMILES string of the molecule is C[C@@H](NCc1ccccc1Br)C1CCCCC1. The van der Waals surface area contributed by atoms with Crippen molar-refractivity contribution in [3.63, 3.8) is 0 Å². The van der Waals surface area contributed by atoms with Gasteiger partial charge < -0.3 is 5.32 Å². The Balaban J connectivity index is 1.83. The largest absolute Gasteiger partial charge is 0.310 e. The summed E-state index contributed by atoms with van der Waals surface area (Å²) in [5, 5.41) is 3.68. The smallest absolute Gasteiger partial charge is 0.0220 e. The Kier molecular flexibility index (Phi) is 5.05. The summed E-state index contributed by atoms with van der Waals surface area (Å²) in [5.41, 5.74) is 1.36. The molecule has 0 radical (unpaired) electrons. The van der Waals surface area contributed by atoms with Crippen molar-refractivity contribution >= 4 is 15.9 Å². The van der Waals surface area contributed by atoms with Crippen LogP contribution < -0.4 is 5.32 Å². The molecule has 1 saturated carbocycles. The summed E-state index contributed by atoms with van der Waals surface area (Å²) >= 11 is 3.60. The van der Waals surface area contributed by atoms with E-state index in [1.165, 1.54) is 42.1 Å². The van der Waals surface area contributed by atoms with Crippen molar-refractivity contribution in [3.05, 3.63) is 34.3 Å². The topological polar surface area (TPSA) is 12.0 Å². The third-order valence-electron chi connectivity index (χ3n) is 3.93. The second-order valence-corrected chi connectivity index (χ2v) is 6.01. The lowest BCUT2D eigenvalue weighted by atomic mass is 9.84. The third kappa shape index (κ3) is 3.82. The minimum Gasteiger partial charge on any atom is -0.310 e. The summed E-state index contributed by atoms with van der Waals surface area (Å²) in [6, 6.07) is 9.11. The minimum atomic E-state index is 0.641. The predicted octanol–water partition coefficient (Wildman–Crippen LogP) is 4.51. The number of hydrogen-bond acceptors (Lipinski definition) is 1. The zero-order valence-electron chi connectivity index (χ0n) is 10.6. The highest BCUT2D eigenvalue weighted by molar-refractivity contribution is 9.10. The first-order valence-corrected chi connectivity index (χ1v) is 7.53. The lowest BCUT2D eigenvalue weighted by molar-refractivity contribution is 0.280. The number of rotatable bonds is 4. The second-order valence-electron chi connectivity index (χ2n) is 5.16. The van der Waals surface area contributed by atoms with E-state index in [0.717, 1.165) is 12.5 Å². The first kappa shape index (κ1) is 13.1. The van der Waals surface area contributed by atoms with Gasteiger partial charge in [-0.3, -0.25) is 0 Å². The van der Waals surface area contributed by atoms with Gasteiger partial charge in [0.05, 0.1) is 0 Å². The second kappa shape index (κ2) is 6.55. The van der Waals surface area contributed by atoms with E-state index < -0.39 is 0 Å². The summed E-state index contributed by atoms with van der Waals surface area (Å²) < 4.78 is 1.21. The molecule has 0 spiro atoms. The van der Waals surface area contributed by atoms with Crippen molar-refractivity contribution in [1.82, 2.24) is 5.32 Å². The fourth-order valence-electron chi connectivity index (χ4n) is 2.71. The van der Waals surface area contributed by atoms with Crippen LogP contribution in [0.25, 0.3) is 0 Å². The summed E-state index contributed by atoms with van der Waals surface area (Å²) in [4.78, 5) is 0. The molecule has 0 bridgehead atoms. The molecule has 1 aromatic rings. The summed E-state index contributed by atoms with van der Waals surface area (Å²) in [5.74, 6) is 0.881. The molecule has 0 amide bonds. The summed E-state index contributed by atoms with van der Waals surface area (Å²) in [7, 11) is 0. The molecule has 94 valence electrons. The molecule has 1 atom stereocenters. The molecule has 0 aliphatic heterocycles. The number of hydrogen-bond donors (Lipinski definition) is 1. The van der Waals surface area contributed by atoms with Gasteiger partial charge in [0.2, 0.25) is 0 Å². The van der Waals surface area contributed by atoms with E-state index in [2.05, 4.69) is 52.4 Å². The van der Waals surface area contributed by atoms with Gasteiger partial charge in [0.1, 0.15) is 0 Å². The maximum atomic E-state index is 3.68. The highest BCUT2D eigenvalue weighted by Gasteiger charge is 2.19. The molecule has 1 fully saturated rings. The first-order valence-electron chi connectivity index (χ1n) is 6.74. The van der Waals surface area contributed by atoms with Crippen molar-refractivity contribution in [2.45, 2.75) is 51.6 Å². The van der Waals surface area contributed by atoms with Gasteiger partial charge in [0, 0.05) is 17.1 Å². The van der Waals surface area contributed by atoms with Crippen LogP contribution in [-0.2, 0) is 6.54 Å². The fraction of sp³-hybridized carbons (Fsp3) is 0.600. The van der Waals surface area contributed by atoms with Crippen molar-refractivity contribution in [3.8, 4) is 0 Å². The molecule has 1 aliphatic carbocycles. The van der Waals surface area contributed by atoms with E-state index >= 15 is 0 Å². The molecule has 0 heterocycles.